The van der Waals surface area contributed by atoms with Crippen molar-refractivity contribution in [3.8, 4) is 0 Å². The molecule has 1 unspecified atom stereocenters. The number of nitrogens with zero attached hydrogens (tertiary/aromatic N) is 1. The molecule has 4 nitrogen and oxygen atoms in total. The first-order chi connectivity index (χ1) is 9.08. The lowest BCUT2D eigenvalue weighted by molar-refractivity contribution is -0.144. The zero-order valence-electron chi connectivity index (χ0n) is 11.0. The van der Waals surface area contributed by atoms with Crippen molar-refractivity contribution in [3.05, 3.63) is 35.0 Å². The highest BCUT2D eigenvalue weighted by Crippen LogP contribution is 2.28. The van der Waals surface area contributed by atoms with Crippen LogP contribution in [0, 0.1) is 0 Å². The van der Waals surface area contributed by atoms with Crippen LogP contribution in [0.4, 0.5) is 0 Å². The van der Waals surface area contributed by atoms with Crippen LogP contribution in [0.15, 0.2) is 24.4 Å². The molecule has 0 aliphatic heterocycles. The van der Waals surface area contributed by atoms with Crippen LogP contribution in [0.25, 0.3) is 10.9 Å². The summed E-state index contributed by atoms with van der Waals surface area (Å²) < 4.78 is 7.02. The molecule has 2 N–H and O–H groups in total. The first-order valence-electron chi connectivity index (χ1n) is 6.29. The fourth-order valence-corrected chi connectivity index (χ4v) is 2.34. The first-order valence-corrected chi connectivity index (χ1v) is 6.66. The Morgan fingerprint density at radius 3 is 2.84 bits per heavy atom. The predicted octanol–water partition coefficient (Wildman–Crippen LogP) is 2.88. The normalized spacial score (nSPS) is 12.6. The Balaban J connectivity index is 2.53. The number of nitrogens with two attached hydrogens (primary N) is 1. The maximum atomic E-state index is 11.8. The largest absolute Gasteiger partial charge is 0.465 e. The minimum absolute atomic E-state index is 0.319. The molecule has 0 aliphatic rings. The molecule has 1 aromatic heterocycles. The number of carbonyl (C=O) groups excluding carboxylic acids is 1. The number of carbonyl (C=O) groups is 1. The standard InChI is InChI=1S/C14H17ClN2O2/c1-3-17-8-11(13(16)14(18)19-4-2)10-7-9(15)5-6-12(10)17/h5-8,13H,3-4,16H2,1-2H3. The van der Waals surface area contributed by atoms with Crippen molar-refractivity contribution in [1.82, 2.24) is 4.57 Å². The Kier molecular flexibility index (Phi) is 4.12. The minimum Gasteiger partial charge on any atom is -0.465 e. The van der Waals surface area contributed by atoms with Gasteiger partial charge in [-0.1, -0.05) is 11.6 Å². The van der Waals surface area contributed by atoms with Gasteiger partial charge in [0.25, 0.3) is 0 Å². The molecule has 0 saturated carbocycles. The van der Waals surface area contributed by atoms with Crippen molar-refractivity contribution in [2.75, 3.05) is 6.61 Å². The molecule has 0 bridgehead atoms. The Labute approximate surface area is 117 Å². The van der Waals surface area contributed by atoms with Crippen molar-refractivity contribution in [2.24, 2.45) is 5.73 Å². The molecule has 0 amide bonds. The lowest BCUT2D eigenvalue weighted by Crippen LogP contribution is -2.23. The number of benzene rings is 1. The Morgan fingerprint density at radius 2 is 2.21 bits per heavy atom. The van der Waals surface area contributed by atoms with E-state index < -0.39 is 12.0 Å². The van der Waals surface area contributed by atoms with Crippen LogP contribution in [0.1, 0.15) is 25.5 Å². The average molecular weight is 281 g/mol. The number of rotatable bonds is 4. The Morgan fingerprint density at radius 1 is 1.47 bits per heavy atom. The minimum atomic E-state index is -0.784. The zero-order chi connectivity index (χ0) is 14.0. The van der Waals surface area contributed by atoms with Gasteiger partial charge in [0.05, 0.1) is 6.61 Å². The molecule has 1 atom stereocenters. The molecule has 19 heavy (non-hydrogen) atoms. The van der Waals surface area contributed by atoms with Crippen LogP contribution in [0.5, 0.6) is 0 Å². The number of halogens is 1. The number of hydrogen-bond acceptors (Lipinski definition) is 3. The summed E-state index contributed by atoms with van der Waals surface area (Å²) in [5.41, 5.74) is 7.74. The van der Waals surface area contributed by atoms with Crippen molar-refractivity contribution in [2.45, 2.75) is 26.4 Å². The van der Waals surface area contributed by atoms with E-state index in [9.17, 15) is 4.79 Å². The molecule has 1 aromatic carbocycles. The SMILES string of the molecule is CCOC(=O)C(N)c1cn(CC)c2ccc(Cl)cc12. The molecule has 2 aromatic rings. The second kappa shape index (κ2) is 5.63. The Bertz CT molecular complexity index is 607. The van der Waals surface area contributed by atoms with Gasteiger partial charge in [-0.05, 0) is 32.0 Å². The molecule has 2 rings (SSSR count). The number of hydrogen-bond donors (Lipinski definition) is 1. The highest BCUT2D eigenvalue weighted by molar-refractivity contribution is 6.31. The van der Waals surface area contributed by atoms with E-state index in [0.29, 0.717) is 11.6 Å². The van der Waals surface area contributed by atoms with Crippen LogP contribution in [-0.2, 0) is 16.1 Å². The van der Waals surface area contributed by atoms with Crippen LogP contribution in [-0.4, -0.2) is 17.1 Å². The molecule has 0 saturated heterocycles. The first kappa shape index (κ1) is 13.9. The molecule has 0 radical (unpaired) electrons. The Hall–Kier alpha value is -1.52. The van der Waals surface area contributed by atoms with Gasteiger partial charge in [0.15, 0.2) is 0 Å². The third-order valence-corrected chi connectivity index (χ3v) is 3.33. The molecular formula is C14H17ClN2O2. The quantitative estimate of drug-likeness (QED) is 0.876. The van der Waals surface area contributed by atoms with Crippen LogP contribution >= 0.6 is 11.6 Å². The van der Waals surface area contributed by atoms with Gasteiger partial charge < -0.3 is 15.0 Å². The maximum Gasteiger partial charge on any atom is 0.327 e. The van der Waals surface area contributed by atoms with E-state index in [4.69, 9.17) is 22.1 Å². The van der Waals surface area contributed by atoms with Crippen LogP contribution in [0.3, 0.4) is 0 Å². The number of ether oxygens (including phenoxy) is 1. The third-order valence-electron chi connectivity index (χ3n) is 3.09. The van der Waals surface area contributed by atoms with E-state index in [1.54, 1.807) is 6.92 Å². The topological polar surface area (TPSA) is 57.2 Å². The molecule has 102 valence electrons. The molecule has 0 aliphatic carbocycles. The average Bonchev–Trinajstić information content (AvgIpc) is 2.76. The van der Waals surface area contributed by atoms with Gasteiger partial charge in [-0.15, -0.1) is 0 Å². The van der Waals surface area contributed by atoms with E-state index in [-0.39, 0.29) is 0 Å². The fourth-order valence-electron chi connectivity index (χ4n) is 2.17. The molecule has 0 spiro atoms. The highest BCUT2D eigenvalue weighted by Gasteiger charge is 2.21. The van der Waals surface area contributed by atoms with Gasteiger partial charge in [0, 0.05) is 34.2 Å². The summed E-state index contributed by atoms with van der Waals surface area (Å²) in [6.07, 6.45) is 1.89. The number of fused-ring (bicyclic) bond motifs is 1. The molecule has 5 heteroatoms. The smallest absolute Gasteiger partial charge is 0.327 e. The van der Waals surface area contributed by atoms with Gasteiger partial charge in [0.2, 0.25) is 0 Å². The monoisotopic (exact) mass is 280 g/mol. The summed E-state index contributed by atoms with van der Waals surface area (Å²) >= 11 is 6.02. The van der Waals surface area contributed by atoms with Crippen molar-refractivity contribution >= 4 is 28.5 Å². The second-order valence-electron chi connectivity index (χ2n) is 4.26. The van der Waals surface area contributed by atoms with E-state index in [1.807, 2.05) is 35.9 Å². The number of esters is 1. The van der Waals surface area contributed by atoms with Gasteiger partial charge in [-0.3, -0.25) is 0 Å². The van der Waals surface area contributed by atoms with Crippen LogP contribution < -0.4 is 5.73 Å². The van der Waals surface area contributed by atoms with Gasteiger partial charge in [-0.25, -0.2) is 4.79 Å². The summed E-state index contributed by atoms with van der Waals surface area (Å²) in [5, 5.41) is 1.52. The summed E-state index contributed by atoms with van der Waals surface area (Å²) in [5.74, 6) is -0.419. The number of aryl methyl sites for hydroxylation is 1. The summed E-state index contributed by atoms with van der Waals surface area (Å²) in [6.45, 7) is 4.91. The number of aromatic nitrogens is 1. The summed E-state index contributed by atoms with van der Waals surface area (Å²) in [4.78, 5) is 11.8. The van der Waals surface area contributed by atoms with E-state index in [0.717, 1.165) is 23.0 Å². The van der Waals surface area contributed by atoms with Gasteiger partial charge in [-0.2, -0.15) is 0 Å². The van der Waals surface area contributed by atoms with Crippen molar-refractivity contribution < 1.29 is 9.53 Å². The highest BCUT2D eigenvalue weighted by atomic mass is 35.5. The molecule has 1 heterocycles. The third kappa shape index (κ3) is 2.60. The second-order valence-corrected chi connectivity index (χ2v) is 4.70. The maximum absolute atomic E-state index is 11.8. The van der Waals surface area contributed by atoms with Crippen molar-refractivity contribution in [3.63, 3.8) is 0 Å². The molecular weight excluding hydrogens is 264 g/mol. The van der Waals surface area contributed by atoms with E-state index >= 15 is 0 Å². The summed E-state index contributed by atoms with van der Waals surface area (Å²) in [6, 6.07) is 4.81. The van der Waals surface area contributed by atoms with Crippen LogP contribution in [0.2, 0.25) is 5.02 Å². The van der Waals surface area contributed by atoms with E-state index in [1.165, 1.54) is 0 Å². The zero-order valence-corrected chi connectivity index (χ0v) is 11.8. The van der Waals surface area contributed by atoms with Gasteiger partial charge in [0.1, 0.15) is 6.04 Å². The summed E-state index contributed by atoms with van der Waals surface area (Å²) in [7, 11) is 0. The lowest BCUT2D eigenvalue weighted by Gasteiger charge is -2.09. The predicted molar refractivity (Wildman–Crippen MR) is 76.2 cm³/mol. The molecule has 0 fully saturated rings. The van der Waals surface area contributed by atoms with E-state index in [2.05, 4.69) is 0 Å². The fraction of sp³-hybridized carbons (Fsp3) is 0.357. The van der Waals surface area contributed by atoms with Crippen molar-refractivity contribution in [1.29, 1.82) is 0 Å². The lowest BCUT2D eigenvalue weighted by atomic mass is 10.1. The van der Waals surface area contributed by atoms with Gasteiger partial charge >= 0.3 is 5.97 Å².